The lowest BCUT2D eigenvalue weighted by molar-refractivity contribution is -0.147. The fourth-order valence-corrected chi connectivity index (χ4v) is 2.12. The predicted molar refractivity (Wildman–Crippen MR) is 85.5 cm³/mol. The minimum absolute atomic E-state index is 0.00924. The summed E-state index contributed by atoms with van der Waals surface area (Å²) < 4.78 is 18.0. The van der Waals surface area contributed by atoms with Crippen molar-refractivity contribution in [1.82, 2.24) is 0 Å². The van der Waals surface area contributed by atoms with Crippen molar-refractivity contribution in [2.75, 3.05) is 11.9 Å². The van der Waals surface area contributed by atoms with Gasteiger partial charge in [0.05, 0.1) is 6.42 Å². The standard InChI is InChI=1S/C18H18FNO3/c1-13(14-6-3-2-4-7-14)10-18(22)23-12-17(21)20-16-9-5-8-15(19)11-16/h2-9,11,13H,10,12H2,1H3,(H,20,21)/t13-/m1/s1. The van der Waals surface area contributed by atoms with Gasteiger partial charge in [0.25, 0.3) is 5.91 Å². The molecule has 0 aliphatic carbocycles. The Bertz CT molecular complexity index is 673. The van der Waals surface area contributed by atoms with Crippen molar-refractivity contribution >= 4 is 17.6 Å². The third-order valence-corrected chi connectivity index (χ3v) is 3.31. The highest BCUT2D eigenvalue weighted by molar-refractivity contribution is 5.92. The second-order valence-corrected chi connectivity index (χ2v) is 5.24. The van der Waals surface area contributed by atoms with Crippen LogP contribution in [0, 0.1) is 5.82 Å². The second kappa shape index (κ2) is 8.08. The summed E-state index contributed by atoms with van der Waals surface area (Å²) in [7, 11) is 0. The first kappa shape index (κ1) is 16.7. The van der Waals surface area contributed by atoms with Gasteiger partial charge in [-0.15, -0.1) is 0 Å². The molecular formula is C18H18FNO3. The van der Waals surface area contributed by atoms with E-state index in [1.165, 1.54) is 18.2 Å². The third-order valence-electron chi connectivity index (χ3n) is 3.31. The lowest BCUT2D eigenvalue weighted by atomic mass is 9.98. The number of amides is 1. The molecule has 1 amide bonds. The molecule has 0 aliphatic heterocycles. The molecule has 0 unspecified atom stereocenters. The summed E-state index contributed by atoms with van der Waals surface area (Å²) in [5.41, 5.74) is 1.36. The fourth-order valence-electron chi connectivity index (χ4n) is 2.12. The highest BCUT2D eigenvalue weighted by Crippen LogP contribution is 2.18. The van der Waals surface area contributed by atoms with Gasteiger partial charge in [0, 0.05) is 5.69 Å². The first-order chi connectivity index (χ1) is 11.0. The molecule has 2 aromatic rings. The molecule has 0 saturated carbocycles. The maximum atomic E-state index is 13.0. The van der Waals surface area contributed by atoms with Gasteiger partial charge in [0.1, 0.15) is 5.82 Å². The Hall–Kier alpha value is -2.69. The second-order valence-electron chi connectivity index (χ2n) is 5.24. The largest absolute Gasteiger partial charge is 0.456 e. The number of ether oxygens (including phenoxy) is 1. The number of carbonyl (C=O) groups excluding carboxylic acids is 2. The van der Waals surface area contributed by atoms with E-state index in [9.17, 15) is 14.0 Å². The molecule has 23 heavy (non-hydrogen) atoms. The molecular weight excluding hydrogens is 297 g/mol. The van der Waals surface area contributed by atoms with Crippen molar-refractivity contribution in [3.05, 3.63) is 66.0 Å². The normalized spacial score (nSPS) is 11.6. The smallest absolute Gasteiger partial charge is 0.306 e. The van der Waals surface area contributed by atoms with Crippen LogP contribution < -0.4 is 5.32 Å². The fraction of sp³-hybridized carbons (Fsp3) is 0.222. The van der Waals surface area contributed by atoms with Gasteiger partial charge in [0.15, 0.2) is 6.61 Å². The van der Waals surface area contributed by atoms with Crippen molar-refractivity contribution in [1.29, 1.82) is 0 Å². The van der Waals surface area contributed by atoms with Gasteiger partial charge in [-0.2, -0.15) is 0 Å². The van der Waals surface area contributed by atoms with E-state index in [0.29, 0.717) is 5.69 Å². The molecule has 0 saturated heterocycles. The Kier molecular flexibility index (Phi) is 5.86. The molecule has 0 bridgehead atoms. The Morgan fingerprint density at radius 1 is 1.13 bits per heavy atom. The molecule has 0 fully saturated rings. The van der Waals surface area contributed by atoms with Crippen molar-refractivity contribution in [2.24, 2.45) is 0 Å². The Morgan fingerprint density at radius 2 is 1.87 bits per heavy atom. The van der Waals surface area contributed by atoms with Gasteiger partial charge in [-0.25, -0.2) is 4.39 Å². The summed E-state index contributed by atoms with van der Waals surface area (Å²) >= 11 is 0. The SMILES string of the molecule is C[C@H](CC(=O)OCC(=O)Nc1cccc(F)c1)c1ccccc1. The molecule has 5 heteroatoms. The van der Waals surface area contributed by atoms with E-state index in [2.05, 4.69) is 5.32 Å². The minimum atomic E-state index is -0.503. The first-order valence-electron chi connectivity index (χ1n) is 7.30. The Balaban J connectivity index is 1.76. The summed E-state index contributed by atoms with van der Waals surface area (Å²) in [6.45, 7) is 1.53. The van der Waals surface area contributed by atoms with E-state index in [4.69, 9.17) is 4.74 Å². The number of hydrogen-bond donors (Lipinski definition) is 1. The highest BCUT2D eigenvalue weighted by Gasteiger charge is 2.13. The van der Waals surface area contributed by atoms with E-state index in [-0.39, 0.29) is 12.3 Å². The molecule has 0 spiro atoms. The maximum Gasteiger partial charge on any atom is 0.306 e. The van der Waals surface area contributed by atoms with Crippen LogP contribution in [-0.4, -0.2) is 18.5 Å². The lowest BCUT2D eigenvalue weighted by Crippen LogP contribution is -2.21. The molecule has 2 aromatic carbocycles. The molecule has 0 aliphatic rings. The monoisotopic (exact) mass is 315 g/mol. The molecule has 1 N–H and O–H groups in total. The van der Waals surface area contributed by atoms with Crippen LogP contribution in [0.1, 0.15) is 24.8 Å². The summed E-state index contributed by atoms with van der Waals surface area (Å²) in [6.07, 6.45) is 0.192. The van der Waals surface area contributed by atoms with E-state index >= 15 is 0 Å². The highest BCUT2D eigenvalue weighted by atomic mass is 19.1. The molecule has 0 aromatic heterocycles. The predicted octanol–water partition coefficient (Wildman–Crippen LogP) is 3.50. The van der Waals surface area contributed by atoms with Crippen molar-refractivity contribution in [3.63, 3.8) is 0 Å². The molecule has 0 radical (unpaired) electrons. The topological polar surface area (TPSA) is 55.4 Å². The molecule has 120 valence electrons. The van der Waals surface area contributed by atoms with Crippen LogP contribution in [0.2, 0.25) is 0 Å². The average Bonchev–Trinajstić information content (AvgIpc) is 2.54. The summed E-state index contributed by atoms with van der Waals surface area (Å²) in [5, 5.41) is 2.47. The zero-order valence-corrected chi connectivity index (χ0v) is 12.8. The van der Waals surface area contributed by atoms with Crippen LogP contribution in [-0.2, 0) is 14.3 Å². The maximum absolute atomic E-state index is 13.0. The summed E-state index contributed by atoms with van der Waals surface area (Å²) in [6, 6.07) is 15.1. The minimum Gasteiger partial charge on any atom is -0.456 e. The average molecular weight is 315 g/mol. The molecule has 2 rings (SSSR count). The van der Waals surface area contributed by atoms with Crippen LogP contribution >= 0.6 is 0 Å². The van der Waals surface area contributed by atoms with Gasteiger partial charge < -0.3 is 10.1 Å². The number of nitrogens with one attached hydrogen (secondary N) is 1. The molecule has 4 nitrogen and oxygen atoms in total. The summed E-state index contributed by atoms with van der Waals surface area (Å²) in [4.78, 5) is 23.4. The van der Waals surface area contributed by atoms with Crippen LogP contribution in [0.3, 0.4) is 0 Å². The quantitative estimate of drug-likeness (QED) is 0.830. The number of rotatable bonds is 6. The van der Waals surface area contributed by atoms with Crippen LogP contribution in [0.15, 0.2) is 54.6 Å². The van der Waals surface area contributed by atoms with Crippen molar-refractivity contribution < 1.29 is 18.7 Å². The van der Waals surface area contributed by atoms with Crippen LogP contribution in [0.5, 0.6) is 0 Å². The number of halogens is 1. The number of carbonyl (C=O) groups is 2. The van der Waals surface area contributed by atoms with Gasteiger partial charge in [-0.1, -0.05) is 43.3 Å². The molecule has 0 heterocycles. The number of anilines is 1. The van der Waals surface area contributed by atoms with Gasteiger partial charge in [-0.3, -0.25) is 9.59 Å². The van der Waals surface area contributed by atoms with Crippen LogP contribution in [0.4, 0.5) is 10.1 Å². The van der Waals surface area contributed by atoms with Crippen molar-refractivity contribution in [3.8, 4) is 0 Å². The van der Waals surface area contributed by atoms with Gasteiger partial charge in [0.2, 0.25) is 0 Å². The number of esters is 1. The zero-order valence-electron chi connectivity index (χ0n) is 12.8. The van der Waals surface area contributed by atoms with E-state index in [1.54, 1.807) is 6.07 Å². The number of benzene rings is 2. The lowest BCUT2D eigenvalue weighted by Gasteiger charge is -2.11. The third kappa shape index (κ3) is 5.54. The zero-order chi connectivity index (χ0) is 16.7. The van der Waals surface area contributed by atoms with Crippen LogP contribution in [0.25, 0.3) is 0 Å². The summed E-state index contributed by atoms with van der Waals surface area (Å²) in [5.74, 6) is -1.39. The van der Waals surface area contributed by atoms with E-state index in [1.807, 2.05) is 37.3 Å². The van der Waals surface area contributed by atoms with E-state index < -0.39 is 24.3 Å². The van der Waals surface area contributed by atoms with E-state index in [0.717, 1.165) is 5.56 Å². The Labute approximate surface area is 134 Å². The molecule has 1 atom stereocenters. The number of hydrogen-bond acceptors (Lipinski definition) is 3. The van der Waals surface area contributed by atoms with Crippen molar-refractivity contribution in [2.45, 2.75) is 19.3 Å². The van der Waals surface area contributed by atoms with Gasteiger partial charge >= 0.3 is 5.97 Å². The first-order valence-corrected chi connectivity index (χ1v) is 7.30. The van der Waals surface area contributed by atoms with Gasteiger partial charge in [-0.05, 0) is 29.7 Å². The Morgan fingerprint density at radius 3 is 2.57 bits per heavy atom.